The molecule has 4 aromatic rings. The van der Waals surface area contributed by atoms with Gasteiger partial charge in [-0.1, -0.05) is 48.5 Å². The first kappa shape index (κ1) is 17.7. The molecule has 0 saturated carbocycles. The highest BCUT2D eigenvalue weighted by Gasteiger charge is 2.10. The number of amides is 1. The number of carbonyl (C=O) groups excluding carboxylic acids is 1. The van der Waals surface area contributed by atoms with Gasteiger partial charge in [0.25, 0.3) is 5.91 Å². The summed E-state index contributed by atoms with van der Waals surface area (Å²) in [6, 6.07) is 21.3. The maximum atomic E-state index is 12.3. The van der Waals surface area contributed by atoms with Crippen LogP contribution in [-0.2, 0) is 0 Å². The number of H-pyrrole nitrogens is 1. The van der Waals surface area contributed by atoms with Crippen LogP contribution >= 0.6 is 0 Å². The van der Waals surface area contributed by atoms with Gasteiger partial charge in [0, 0.05) is 23.7 Å². The van der Waals surface area contributed by atoms with Gasteiger partial charge in [0.05, 0.1) is 12.3 Å². The smallest absolute Gasteiger partial charge is 0.269 e. The molecule has 2 heterocycles. The van der Waals surface area contributed by atoms with Crippen molar-refractivity contribution in [3.8, 4) is 17.0 Å². The van der Waals surface area contributed by atoms with Crippen molar-refractivity contribution in [3.05, 3.63) is 78.6 Å². The molecule has 6 heteroatoms. The zero-order valence-corrected chi connectivity index (χ0v) is 15.3. The van der Waals surface area contributed by atoms with Gasteiger partial charge in [-0.25, -0.2) is 0 Å². The Labute approximate surface area is 162 Å². The van der Waals surface area contributed by atoms with E-state index in [2.05, 4.69) is 20.5 Å². The number of nitrogens with zero attached hydrogens (tertiary/aromatic N) is 2. The van der Waals surface area contributed by atoms with E-state index in [4.69, 9.17) is 4.74 Å². The lowest BCUT2D eigenvalue weighted by Crippen LogP contribution is -2.25. The van der Waals surface area contributed by atoms with Crippen molar-refractivity contribution in [2.75, 3.05) is 13.2 Å². The van der Waals surface area contributed by atoms with Crippen LogP contribution in [0.5, 0.6) is 5.75 Å². The summed E-state index contributed by atoms with van der Waals surface area (Å²) in [5, 5.41) is 10.9. The van der Waals surface area contributed by atoms with Gasteiger partial charge in [-0.15, -0.1) is 0 Å². The molecule has 4 rings (SSSR count). The SMILES string of the molecule is O=C(NCCCOc1cccc2cccnc12)c1cc(-c2ccccc2)n[nH]1. The number of carbonyl (C=O) groups is 1. The molecule has 0 aliphatic carbocycles. The Kier molecular flexibility index (Phi) is 5.29. The first-order valence-electron chi connectivity index (χ1n) is 9.17. The van der Waals surface area contributed by atoms with Gasteiger partial charge in [-0.3, -0.25) is 14.9 Å². The van der Waals surface area contributed by atoms with Gasteiger partial charge in [0.2, 0.25) is 0 Å². The number of para-hydroxylation sites is 1. The van der Waals surface area contributed by atoms with E-state index in [0.29, 0.717) is 25.3 Å². The highest BCUT2D eigenvalue weighted by atomic mass is 16.5. The molecule has 0 atom stereocenters. The van der Waals surface area contributed by atoms with Gasteiger partial charge in [0.15, 0.2) is 0 Å². The maximum absolute atomic E-state index is 12.3. The Hall–Kier alpha value is -3.67. The molecule has 140 valence electrons. The molecule has 0 bridgehead atoms. The lowest BCUT2D eigenvalue weighted by molar-refractivity contribution is 0.0946. The van der Waals surface area contributed by atoms with Crippen LogP contribution in [0, 0.1) is 0 Å². The molecule has 2 aromatic heterocycles. The van der Waals surface area contributed by atoms with Crippen LogP contribution in [0.4, 0.5) is 0 Å². The van der Waals surface area contributed by atoms with Crippen molar-refractivity contribution < 1.29 is 9.53 Å². The first-order chi connectivity index (χ1) is 13.8. The predicted octanol–water partition coefficient (Wildman–Crippen LogP) is 3.82. The molecule has 2 aromatic carbocycles. The number of rotatable bonds is 7. The Morgan fingerprint density at radius 1 is 1.04 bits per heavy atom. The Bertz CT molecular complexity index is 1070. The number of aromatic amines is 1. The van der Waals surface area contributed by atoms with E-state index in [9.17, 15) is 4.79 Å². The number of hydrogen-bond acceptors (Lipinski definition) is 4. The fourth-order valence-electron chi connectivity index (χ4n) is 2.94. The van der Waals surface area contributed by atoms with Crippen molar-refractivity contribution in [1.29, 1.82) is 0 Å². The van der Waals surface area contributed by atoms with Crippen LogP contribution in [-0.4, -0.2) is 34.2 Å². The van der Waals surface area contributed by atoms with Crippen LogP contribution in [0.1, 0.15) is 16.9 Å². The predicted molar refractivity (Wildman–Crippen MR) is 108 cm³/mol. The molecule has 1 amide bonds. The van der Waals surface area contributed by atoms with Crippen molar-refractivity contribution in [1.82, 2.24) is 20.5 Å². The minimum atomic E-state index is -0.179. The standard InChI is InChI=1S/C22H20N4O2/c27-22(19-15-18(25-26-19)16-7-2-1-3-8-16)24-13-6-14-28-20-11-4-9-17-10-5-12-23-21(17)20/h1-5,7-12,15H,6,13-14H2,(H,24,27)(H,25,26). The lowest BCUT2D eigenvalue weighted by atomic mass is 10.1. The Morgan fingerprint density at radius 2 is 1.89 bits per heavy atom. The Morgan fingerprint density at radius 3 is 2.79 bits per heavy atom. The quantitative estimate of drug-likeness (QED) is 0.483. The third-order valence-corrected chi connectivity index (χ3v) is 4.35. The third kappa shape index (κ3) is 4.01. The molecular weight excluding hydrogens is 352 g/mol. The number of pyridine rings is 1. The van der Waals surface area contributed by atoms with Crippen molar-refractivity contribution in [3.63, 3.8) is 0 Å². The first-order valence-corrected chi connectivity index (χ1v) is 9.17. The molecule has 0 unspecified atom stereocenters. The van der Waals surface area contributed by atoms with Gasteiger partial charge in [0.1, 0.15) is 17.0 Å². The molecule has 28 heavy (non-hydrogen) atoms. The molecule has 0 aliphatic heterocycles. The van der Waals surface area contributed by atoms with Crippen LogP contribution in [0.25, 0.3) is 22.2 Å². The fourth-order valence-corrected chi connectivity index (χ4v) is 2.94. The van der Waals surface area contributed by atoms with Crippen LogP contribution < -0.4 is 10.1 Å². The zero-order valence-electron chi connectivity index (χ0n) is 15.3. The van der Waals surface area contributed by atoms with Gasteiger partial charge in [-0.2, -0.15) is 5.10 Å². The number of aromatic nitrogens is 3. The highest BCUT2D eigenvalue weighted by molar-refractivity contribution is 5.93. The summed E-state index contributed by atoms with van der Waals surface area (Å²) >= 11 is 0. The van der Waals surface area contributed by atoms with Crippen molar-refractivity contribution in [2.45, 2.75) is 6.42 Å². The van der Waals surface area contributed by atoms with E-state index >= 15 is 0 Å². The summed E-state index contributed by atoms with van der Waals surface area (Å²) in [6.45, 7) is 1.00. The zero-order chi connectivity index (χ0) is 19.2. The third-order valence-electron chi connectivity index (χ3n) is 4.35. The van der Waals surface area contributed by atoms with Crippen LogP contribution in [0.3, 0.4) is 0 Å². The average Bonchev–Trinajstić information content (AvgIpc) is 3.25. The normalized spacial score (nSPS) is 10.7. The van der Waals surface area contributed by atoms with Gasteiger partial charge < -0.3 is 10.1 Å². The van der Waals surface area contributed by atoms with Gasteiger partial charge >= 0.3 is 0 Å². The number of hydrogen-bond donors (Lipinski definition) is 2. The van der Waals surface area contributed by atoms with E-state index in [1.807, 2.05) is 60.7 Å². The highest BCUT2D eigenvalue weighted by Crippen LogP contribution is 2.23. The minimum Gasteiger partial charge on any atom is -0.491 e. The summed E-state index contributed by atoms with van der Waals surface area (Å²) in [4.78, 5) is 16.6. The minimum absolute atomic E-state index is 0.179. The molecule has 2 N–H and O–H groups in total. The van der Waals surface area contributed by atoms with Crippen LogP contribution in [0.15, 0.2) is 72.9 Å². The van der Waals surface area contributed by atoms with E-state index in [1.54, 1.807) is 12.3 Å². The molecule has 6 nitrogen and oxygen atoms in total. The number of benzene rings is 2. The topological polar surface area (TPSA) is 79.9 Å². The second kappa shape index (κ2) is 8.35. The average molecular weight is 372 g/mol. The lowest BCUT2D eigenvalue weighted by Gasteiger charge is -2.09. The molecular formula is C22H20N4O2. The number of fused-ring (bicyclic) bond motifs is 1. The van der Waals surface area contributed by atoms with Crippen molar-refractivity contribution >= 4 is 16.8 Å². The van der Waals surface area contributed by atoms with Gasteiger partial charge in [-0.05, 0) is 24.6 Å². The van der Waals surface area contributed by atoms with E-state index in [1.165, 1.54) is 0 Å². The molecule has 0 radical (unpaired) electrons. The summed E-state index contributed by atoms with van der Waals surface area (Å²) in [5.74, 6) is 0.576. The number of ether oxygens (including phenoxy) is 1. The van der Waals surface area contributed by atoms with Crippen molar-refractivity contribution in [2.24, 2.45) is 0 Å². The second-order valence-corrected chi connectivity index (χ2v) is 6.32. The van der Waals surface area contributed by atoms with E-state index in [0.717, 1.165) is 27.9 Å². The van der Waals surface area contributed by atoms with Crippen LogP contribution in [0.2, 0.25) is 0 Å². The molecule has 0 spiro atoms. The largest absolute Gasteiger partial charge is 0.491 e. The number of nitrogens with one attached hydrogen (secondary N) is 2. The Balaban J connectivity index is 1.26. The summed E-state index contributed by atoms with van der Waals surface area (Å²) in [5.41, 5.74) is 3.00. The summed E-state index contributed by atoms with van der Waals surface area (Å²) in [6.07, 6.45) is 2.44. The fraction of sp³-hybridized carbons (Fsp3) is 0.136. The van der Waals surface area contributed by atoms with E-state index < -0.39 is 0 Å². The molecule has 0 saturated heterocycles. The second-order valence-electron chi connectivity index (χ2n) is 6.32. The molecule has 0 aliphatic rings. The molecule has 0 fully saturated rings. The summed E-state index contributed by atoms with van der Waals surface area (Å²) < 4.78 is 5.83. The summed E-state index contributed by atoms with van der Waals surface area (Å²) in [7, 11) is 0. The van der Waals surface area contributed by atoms with E-state index in [-0.39, 0.29) is 5.91 Å². The maximum Gasteiger partial charge on any atom is 0.269 e. The monoisotopic (exact) mass is 372 g/mol.